The minimum atomic E-state index is -0.129. The van der Waals surface area contributed by atoms with Crippen molar-refractivity contribution in [1.82, 2.24) is 0 Å². The number of benzene rings is 2. The molecule has 3 rings (SSSR count). The van der Waals surface area contributed by atoms with Gasteiger partial charge in [0.05, 0.1) is 0 Å². The molecule has 0 aliphatic carbocycles. The van der Waals surface area contributed by atoms with Crippen molar-refractivity contribution in [2.75, 3.05) is 17.2 Å². The third-order valence-electron chi connectivity index (χ3n) is 3.37. The lowest BCUT2D eigenvalue weighted by Gasteiger charge is -2.07. The number of nitrogens with one attached hydrogen (secondary N) is 2. The molecule has 0 saturated carbocycles. The Morgan fingerprint density at radius 2 is 2.15 bits per heavy atom. The van der Waals surface area contributed by atoms with Crippen molar-refractivity contribution in [2.24, 2.45) is 0 Å². The number of hydrogen-bond donors (Lipinski definition) is 2. The standard InChI is InChI=1S/C17H14N2O/c1-2-12-4-3-5-15(10-12)19-17(20)14-7-6-13-8-9-18-16(13)11-14/h1,3-7,10-11,18H,8-9H2,(H,19,20). The molecule has 3 nitrogen and oxygen atoms in total. The van der Waals surface area contributed by atoms with E-state index < -0.39 is 0 Å². The molecule has 0 aromatic heterocycles. The van der Waals surface area contributed by atoms with E-state index in [1.165, 1.54) is 5.56 Å². The van der Waals surface area contributed by atoms with Crippen molar-refractivity contribution < 1.29 is 4.79 Å². The van der Waals surface area contributed by atoms with Crippen LogP contribution in [0.5, 0.6) is 0 Å². The second-order valence-electron chi connectivity index (χ2n) is 4.73. The predicted octanol–water partition coefficient (Wildman–Crippen LogP) is 2.89. The summed E-state index contributed by atoms with van der Waals surface area (Å²) in [5.41, 5.74) is 4.41. The molecular formula is C17H14N2O. The van der Waals surface area contributed by atoms with Crippen LogP contribution in [0, 0.1) is 12.3 Å². The molecule has 0 spiro atoms. The molecule has 0 unspecified atom stereocenters. The first kappa shape index (κ1) is 12.3. The maximum absolute atomic E-state index is 12.2. The molecule has 1 amide bonds. The highest BCUT2D eigenvalue weighted by atomic mass is 16.1. The van der Waals surface area contributed by atoms with Crippen LogP contribution >= 0.6 is 0 Å². The third-order valence-corrected chi connectivity index (χ3v) is 3.37. The quantitative estimate of drug-likeness (QED) is 0.817. The van der Waals surface area contributed by atoms with Gasteiger partial charge in [-0.3, -0.25) is 4.79 Å². The SMILES string of the molecule is C#Cc1cccc(NC(=O)c2ccc3c(c2)NCC3)c1. The summed E-state index contributed by atoms with van der Waals surface area (Å²) in [4.78, 5) is 12.2. The van der Waals surface area contributed by atoms with Crippen LogP contribution in [0.2, 0.25) is 0 Å². The van der Waals surface area contributed by atoms with Gasteiger partial charge in [-0.25, -0.2) is 0 Å². The summed E-state index contributed by atoms with van der Waals surface area (Å²) in [5, 5.41) is 6.13. The van der Waals surface area contributed by atoms with Crippen molar-refractivity contribution in [3.63, 3.8) is 0 Å². The highest BCUT2D eigenvalue weighted by molar-refractivity contribution is 6.05. The molecular weight excluding hydrogens is 248 g/mol. The number of rotatable bonds is 2. The molecule has 1 aliphatic heterocycles. The molecule has 1 heterocycles. The van der Waals surface area contributed by atoms with Crippen molar-refractivity contribution in [2.45, 2.75) is 6.42 Å². The Morgan fingerprint density at radius 3 is 3.00 bits per heavy atom. The smallest absolute Gasteiger partial charge is 0.255 e. The summed E-state index contributed by atoms with van der Waals surface area (Å²) in [6.07, 6.45) is 6.37. The van der Waals surface area contributed by atoms with Gasteiger partial charge in [0.2, 0.25) is 0 Å². The van der Waals surface area contributed by atoms with E-state index >= 15 is 0 Å². The first-order valence-electron chi connectivity index (χ1n) is 6.51. The second-order valence-corrected chi connectivity index (χ2v) is 4.73. The summed E-state index contributed by atoms with van der Waals surface area (Å²) in [6, 6.07) is 13.0. The minimum absolute atomic E-state index is 0.129. The van der Waals surface area contributed by atoms with Crippen LogP contribution in [0.3, 0.4) is 0 Å². The molecule has 98 valence electrons. The number of amides is 1. The van der Waals surface area contributed by atoms with Gasteiger partial charge < -0.3 is 10.6 Å². The lowest BCUT2D eigenvalue weighted by molar-refractivity contribution is 0.102. The lowest BCUT2D eigenvalue weighted by atomic mass is 10.1. The largest absolute Gasteiger partial charge is 0.384 e. The summed E-state index contributed by atoms with van der Waals surface area (Å²) in [5.74, 6) is 2.42. The number of anilines is 2. The van der Waals surface area contributed by atoms with Crippen molar-refractivity contribution in [1.29, 1.82) is 0 Å². The van der Waals surface area contributed by atoms with Crippen molar-refractivity contribution >= 4 is 17.3 Å². The first-order chi connectivity index (χ1) is 9.76. The Hall–Kier alpha value is -2.73. The van der Waals surface area contributed by atoms with Crippen LogP contribution < -0.4 is 10.6 Å². The normalized spacial score (nSPS) is 12.2. The Bertz CT molecular complexity index is 713. The summed E-state index contributed by atoms with van der Waals surface area (Å²) in [7, 11) is 0. The molecule has 0 saturated heterocycles. The van der Waals surface area contributed by atoms with Gasteiger partial charge >= 0.3 is 0 Å². The summed E-state index contributed by atoms with van der Waals surface area (Å²) >= 11 is 0. The molecule has 0 radical (unpaired) electrons. The molecule has 0 atom stereocenters. The number of hydrogen-bond acceptors (Lipinski definition) is 2. The van der Waals surface area contributed by atoms with Gasteiger partial charge in [-0.1, -0.05) is 18.1 Å². The van der Waals surface area contributed by atoms with E-state index in [0.717, 1.165) is 24.2 Å². The van der Waals surface area contributed by atoms with E-state index in [0.29, 0.717) is 11.3 Å². The third kappa shape index (κ3) is 2.36. The Kier molecular flexibility index (Phi) is 3.14. The van der Waals surface area contributed by atoms with E-state index in [1.54, 1.807) is 6.07 Å². The number of terminal acetylenes is 1. The van der Waals surface area contributed by atoms with E-state index in [1.807, 2.05) is 36.4 Å². The fraction of sp³-hybridized carbons (Fsp3) is 0.118. The van der Waals surface area contributed by atoms with Gasteiger partial charge in [0.1, 0.15) is 0 Å². The van der Waals surface area contributed by atoms with Gasteiger partial charge in [-0.05, 0) is 42.3 Å². The van der Waals surface area contributed by atoms with E-state index in [9.17, 15) is 4.79 Å². The first-order valence-corrected chi connectivity index (χ1v) is 6.51. The minimum Gasteiger partial charge on any atom is -0.384 e. The summed E-state index contributed by atoms with van der Waals surface area (Å²) < 4.78 is 0. The molecule has 2 N–H and O–H groups in total. The average Bonchev–Trinajstić information content (AvgIpc) is 2.94. The zero-order valence-electron chi connectivity index (χ0n) is 10.9. The van der Waals surface area contributed by atoms with Crippen LogP contribution in [0.15, 0.2) is 42.5 Å². The lowest BCUT2D eigenvalue weighted by Crippen LogP contribution is -2.12. The maximum atomic E-state index is 12.2. The average molecular weight is 262 g/mol. The van der Waals surface area contributed by atoms with Gasteiger partial charge in [0, 0.05) is 29.0 Å². The number of carbonyl (C=O) groups excluding carboxylic acids is 1. The van der Waals surface area contributed by atoms with E-state index in [4.69, 9.17) is 6.42 Å². The number of fused-ring (bicyclic) bond motifs is 1. The Morgan fingerprint density at radius 1 is 1.25 bits per heavy atom. The van der Waals surface area contributed by atoms with Crippen molar-refractivity contribution in [3.8, 4) is 12.3 Å². The molecule has 1 aliphatic rings. The van der Waals surface area contributed by atoms with Gasteiger partial charge in [0.15, 0.2) is 0 Å². The molecule has 2 aromatic carbocycles. The monoisotopic (exact) mass is 262 g/mol. The van der Waals surface area contributed by atoms with Crippen LogP contribution in [0.25, 0.3) is 0 Å². The number of carbonyl (C=O) groups is 1. The van der Waals surface area contributed by atoms with Crippen LogP contribution in [-0.4, -0.2) is 12.5 Å². The highest BCUT2D eigenvalue weighted by Gasteiger charge is 2.13. The fourth-order valence-electron chi connectivity index (χ4n) is 2.32. The zero-order valence-corrected chi connectivity index (χ0v) is 10.9. The molecule has 2 aromatic rings. The molecule has 0 fully saturated rings. The van der Waals surface area contributed by atoms with E-state index in [2.05, 4.69) is 16.6 Å². The topological polar surface area (TPSA) is 41.1 Å². The van der Waals surface area contributed by atoms with Gasteiger partial charge in [-0.2, -0.15) is 0 Å². The van der Waals surface area contributed by atoms with Crippen molar-refractivity contribution in [3.05, 3.63) is 59.2 Å². The zero-order chi connectivity index (χ0) is 13.9. The van der Waals surface area contributed by atoms with E-state index in [-0.39, 0.29) is 5.91 Å². The maximum Gasteiger partial charge on any atom is 0.255 e. The van der Waals surface area contributed by atoms with Crippen LogP contribution in [0.4, 0.5) is 11.4 Å². The molecule has 20 heavy (non-hydrogen) atoms. The van der Waals surface area contributed by atoms with Gasteiger partial charge in [0.25, 0.3) is 5.91 Å². The Labute approximate surface area is 118 Å². The molecule has 3 heteroatoms. The van der Waals surface area contributed by atoms with Crippen LogP contribution in [0.1, 0.15) is 21.5 Å². The fourth-order valence-corrected chi connectivity index (χ4v) is 2.32. The Balaban J connectivity index is 1.81. The van der Waals surface area contributed by atoms with Crippen LogP contribution in [-0.2, 0) is 6.42 Å². The highest BCUT2D eigenvalue weighted by Crippen LogP contribution is 2.23. The molecule has 0 bridgehead atoms. The van der Waals surface area contributed by atoms with Gasteiger partial charge in [-0.15, -0.1) is 6.42 Å². The summed E-state index contributed by atoms with van der Waals surface area (Å²) in [6.45, 7) is 0.935. The second kappa shape index (κ2) is 5.10. The predicted molar refractivity (Wildman–Crippen MR) is 81.0 cm³/mol.